The lowest BCUT2D eigenvalue weighted by Gasteiger charge is -2.46. The molecule has 5 rings (SSSR count). The fourth-order valence-corrected chi connectivity index (χ4v) is 5.70. The van der Waals surface area contributed by atoms with Gasteiger partial charge in [-0.05, 0) is 73.8 Å². The van der Waals surface area contributed by atoms with Crippen LogP contribution in [0.5, 0.6) is 0 Å². The van der Waals surface area contributed by atoms with Gasteiger partial charge in [-0.3, -0.25) is 24.5 Å². The van der Waals surface area contributed by atoms with E-state index in [0.29, 0.717) is 23.9 Å². The normalized spacial score (nSPS) is 23.3. The zero-order valence-corrected chi connectivity index (χ0v) is 20.2. The van der Waals surface area contributed by atoms with Crippen LogP contribution in [0.4, 0.5) is 10.5 Å². The zero-order chi connectivity index (χ0) is 24.4. The van der Waals surface area contributed by atoms with Crippen LogP contribution in [0, 0.1) is 17.8 Å². The lowest BCUT2D eigenvalue weighted by Crippen LogP contribution is -2.71. The Kier molecular flexibility index (Phi) is 6.79. The molecule has 1 saturated heterocycles. The van der Waals surface area contributed by atoms with Crippen molar-refractivity contribution in [3.8, 4) is 0 Å². The summed E-state index contributed by atoms with van der Waals surface area (Å²) in [6.07, 6.45) is 15.1. The molecule has 3 fully saturated rings. The Labute approximate surface area is 206 Å². The summed E-state index contributed by atoms with van der Waals surface area (Å²) in [4.78, 5) is 51.2. The van der Waals surface area contributed by atoms with Gasteiger partial charge < -0.3 is 10.2 Å². The number of aromatic nitrogens is 2. The summed E-state index contributed by atoms with van der Waals surface area (Å²) in [7, 11) is 1.68. The van der Waals surface area contributed by atoms with Gasteiger partial charge in [-0.2, -0.15) is 0 Å². The van der Waals surface area contributed by atoms with Crippen LogP contribution in [0.3, 0.4) is 0 Å². The van der Waals surface area contributed by atoms with Crippen molar-refractivity contribution < 1.29 is 14.4 Å². The maximum atomic E-state index is 13.6. The van der Waals surface area contributed by atoms with Crippen LogP contribution >= 0.6 is 0 Å². The van der Waals surface area contributed by atoms with Gasteiger partial charge in [-0.25, -0.2) is 4.79 Å². The molecule has 2 aromatic heterocycles. The van der Waals surface area contributed by atoms with Gasteiger partial charge in [0.05, 0.1) is 5.92 Å². The summed E-state index contributed by atoms with van der Waals surface area (Å²) < 4.78 is 0. The van der Waals surface area contributed by atoms with E-state index in [1.165, 1.54) is 29.1 Å². The number of imide groups is 1. The Bertz CT molecular complexity index is 1050. The summed E-state index contributed by atoms with van der Waals surface area (Å²) in [6.45, 7) is 0. The molecule has 2 aliphatic carbocycles. The number of nitrogens with one attached hydrogen (secondary N) is 1. The number of rotatable bonds is 7. The van der Waals surface area contributed by atoms with Crippen LogP contribution in [0.2, 0.25) is 0 Å². The minimum atomic E-state index is -0.847. The number of carbonyl (C=O) groups excluding carboxylic acids is 3. The molecule has 0 radical (unpaired) electrons. The summed E-state index contributed by atoms with van der Waals surface area (Å²) in [5.74, 6) is -0.212. The molecule has 8 nitrogen and oxygen atoms in total. The van der Waals surface area contributed by atoms with Crippen LogP contribution < -0.4 is 10.2 Å². The minimum Gasteiger partial charge on any atom is -0.334 e. The van der Waals surface area contributed by atoms with E-state index in [4.69, 9.17) is 0 Å². The standard InChI is InChI=1S/C27H33N5O3/c1-31(21-11-15-29-16-12-21)26(34)24-22(17-18-9-13-28-14-10-18)25(33)32(24)27(35)30-23(20-7-8-20)19-5-3-2-4-6-19/h9-16,19-20,22-24H,2-8,17H2,1H3,(H,30,35)/t22-,23+,24+/m1/s1. The molecule has 0 aromatic carbocycles. The second kappa shape index (κ2) is 10.1. The first-order chi connectivity index (χ1) is 17.0. The van der Waals surface area contributed by atoms with E-state index < -0.39 is 18.0 Å². The number of amides is 4. The van der Waals surface area contributed by atoms with Crippen LogP contribution in [-0.2, 0) is 16.0 Å². The highest BCUT2D eigenvalue weighted by atomic mass is 16.2. The van der Waals surface area contributed by atoms with Crippen LogP contribution in [0.15, 0.2) is 49.1 Å². The summed E-state index contributed by atoms with van der Waals surface area (Å²) in [6, 6.07) is 5.99. The molecule has 8 heteroatoms. The molecule has 184 valence electrons. The first kappa shape index (κ1) is 23.5. The molecule has 2 aromatic rings. The molecule has 4 amide bonds. The van der Waals surface area contributed by atoms with Gasteiger partial charge in [0.1, 0.15) is 6.04 Å². The predicted molar refractivity (Wildman–Crippen MR) is 131 cm³/mol. The third-order valence-electron chi connectivity index (χ3n) is 7.85. The first-order valence-electron chi connectivity index (χ1n) is 12.7. The van der Waals surface area contributed by atoms with Crippen LogP contribution in [0.25, 0.3) is 0 Å². The van der Waals surface area contributed by atoms with Gasteiger partial charge >= 0.3 is 6.03 Å². The van der Waals surface area contributed by atoms with E-state index >= 15 is 0 Å². The topological polar surface area (TPSA) is 95.5 Å². The molecule has 0 bridgehead atoms. The number of carbonyl (C=O) groups is 3. The van der Waals surface area contributed by atoms with E-state index in [2.05, 4.69) is 15.3 Å². The maximum absolute atomic E-state index is 13.6. The fraction of sp³-hybridized carbons (Fsp3) is 0.519. The Balaban J connectivity index is 1.36. The highest BCUT2D eigenvalue weighted by molar-refractivity contribution is 6.12. The zero-order valence-electron chi connectivity index (χ0n) is 20.2. The Morgan fingerprint density at radius 1 is 0.971 bits per heavy atom. The number of β-lactam (4-membered cyclic amide) rings is 1. The van der Waals surface area contributed by atoms with Crippen molar-refractivity contribution in [3.05, 3.63) is 54.6 Å². The van der Waals surface area contributed by atoms with Gasteiger partial charge in [0.25, 0.3) is 5.91 Å². The maximum Gasteiger partial charge on any atom is 0.325 e. The second-order valence-corrected chi connectivity index (χ2v) is 10.1. The van der Waals surface area contributed by atoms with E-state index in [-0.39, 0.29) is 17.9 Å². The summed E-state index contributed by atoms with van der Waals surface area (Å²) >= 11 is 0. The molecular formula is C27H33N5O3. The van der Waals surface area contributed by atoms with Gasteiger partial charge in [-0.1, -0.05) is 19.3 Å². The van der Waals surface area contributed by atoms with Gasteiger partial charge in [-0.15, -0.1) is 0 Å². The van der Waals surface area contributed by atoms with E-state index in [9.17, 15) is 14.4 Å². The fourth-order valence-electron chi connectivity index (χ4n) is 5.70. The van der Waals surface area contributed by atoms with Gasteiger partial charge in [0, 0.05) is 43.6 Å². The molecule has 1 N–H and O–H groups in total. The van der Waals surface area contributed by atoms with Gasteiger partial charge in [0.2, 0.25) is 5.91 Å². The molecule has 0 unspecified atom stereocenters. The minimum absolute atomic E-state index is 0.0866. The number of hydrogen-bond acceptors (Lipinski definition) is 5. The first-order valence-corrected chi connectivity index (χ1v) is 12.7. The molecule has 3 heterocycles. The van der Waals surface area contributed by atoms with Gasteiger partial charge in [0.15, 0.2) is 0 Å². The van der Waals surface area contributed by atoms with Crippen molar-refractivity contribution >= 4 is 23.5 Å². The SMILES string of the molecule is CN(C(=O)[C@@H]1[C@@H](Cc2ccncc2)C(=O)N1C(=O)N[C@@H](C1CCCCC1)C1CC1)c1ccncc1. The van der Waals surface area contributed by atoms with E-state index in [0.717, 1.165) is 31.2 Å². The lowest BCUT2D eigenvalue weighted by molar-refractivity contribution is -0.156. The van der Waals surface area contributed by atoms with Crippen molar-refractivity contribution in [2.24, 2.45) is 17.8 Å². The summed E-state index contributed by atoms with van der Waals surface area (Å²) in [5.41, 5.74) is 1.59. The van der Waals surface area contributed by atoms with Crippen molar-refractivity contribution in [1.29, 1.82) is 0 Å². The number of hydrogen-bond donors (Lipinski definition) is 1. The largest absolute Gasteiger partial charge is 0.334 e. The van der Waals surface area contributed by atoms with Crippen molar-refractivity contribution in [1.82, 2.24) is 20.2 Å². The number of pyridine rings is 2. The monoisotopic (exact) mass is 475 g/mol. The van der Waals surface area contributed by atoms with Crippen molar-refractivity contribution in [3.63, 3.8) is 0 Å². The van der Waals surface area contributed by atoms with Crippen LogP contribution in [0.1, 0.15) is 50.5 Å². The highest BCUT2D eigenvalue weighted by Crippen LogP contribution is 2.41. The summed E-state index contributed by atoms with van der Waals surface area (Å²) in [5, 5.41) is 3.20. The molecule has 2 saturated carbocycles. The number of nitrogens with zero attached hydrogens (tertiary/aromatic N) is 4. The van der Waals surface area contributed by atoms with Crippen molar-refractivity contribution in [2.45, 2.75) is 63.5 Å². The number of anilines is 1. The number of urea groups is 1. The molecule has 35 heavy (non-hydrogen) atoms. The third kappa shape index (κ3) is 4.92. The molecule has 0 spiro atoms. The Hall–Kier alpha value is -3.29. The van der Waals surface area contributed by atoms with Crippen LogP contribution in [-0.4, -0.2) is 51.8 Å². The van der Waals surface area contributed by atoms with Crippen molar-refractivity contribution in [2.75, 3.05) is 11.9 Å². The number of likely N-dealkylation sites (N-methyl/N-ethyl adjacent to an activating group) is 1. The smallest absolute Gasteiger partial charge is 0.325 e. The number of likely N-dealkylation sites (tertiary alicyclic amines) is 1. The lowest BCUT2D eigenvalue weighted by atomic mass is 9.81. The average molecular weight is 476 g/mol. The Morgan fingerprint density at radius 3 is 2.20 bits per heavy atom. The second-order valence-electron chi connectivity index (χ2n) is 10.1. The molecule has 1 aliphatic heterocycles. The van der Waals surface area contributed by atoms with E-state index in [1.54, 1.807) is 44.0 Å². The quantitative estimate of drug-likeness (QED) is 0.618. The third-order valence-corrected chi connectivity index (χ3v) is 7.85. The predicted octanol–water partition coefficient (Wildman–Crippen LogP) is 3.58. The average Bonchev–Trinajstić information content (AvgIpc) is 3.75. The van der Waals surface area contributed by atoms with E-state index in [1.807, 2.05) is 12.1 Å². The Morgan fingerprint density at radius 2 is 1.57 bits per heavy atom. The molecular weight excluding hydrogens is 442 g/mol. The highest BCUT2D eigenvalue weighted by Gasteiger charge is 2.56. The molecule has 3 aliphatic rings. The molecule has 3 atom stereocenters.